The maximum absolute atomic E-state index is 14.5. The Morgan fingerprint density at radius 2 is 1.40 bits per heavy atom. The van der Waals surface area contributed by atoms with Gasteiger partial charge in [0, 0.05) is 19.0 Å². The summed E-state index contributed by atoms with van der Waals surface area (Å²) in [5.41, 5.74) is 2.89. The summed E-state index contributed by atoms with van der Waals surface area (Å²) in [5.74, 6) is -1.37. The number of nitrogens with zero attached hydrogens (tertiary/aromatic N) is 2. The third-order valence-electron chi connectivity index (χ3n) is 8.17. The predicted molar refractivity (Wildman–Crippen MR) is 173 cm³/mol. The van der Waals surface area contributed by atoms with Gasteiger partial charge in [-0.05, 0) is 67.3 Å². The third-order valence-corrected chi connectivity index (χ3v) is 9.96. The number of hydrogen-bond acceptors (Lipinski definition) is 4. The number of rotatable bonds is 12. The van der Waals surface area contributed by atoms with Gasteiger partial charge >= 0.3 is 0 Å². The van der Waals surface area contributed by atoms with Crippen molar-refractivity contribution in [3.63, 3.8) is 0 Å². The Morgan fingerprint density at radius 3 is 2.00 bits per heavy atom. The van der Waals surface area contributed by atoms with Gasteiger partial charge in [0.05, 0.1) is 10.6 Å². The van der Waals surface area contributed by atoms with E-state index in [-0.39, 0.29) is 35.5 Å². The number of hydrogen-bond donors (Lipinski definition) is 1. The zero-order valence-corrected chi connectivity index (χ0v) is 26.1. The van der Waals surface area contributed by atoms with Crippen molar-refractivity contribution in [2.24, 2.45) is 0 Å². The van der Waals surface area contributed by atoms with E-state index in [1.807, 2.05) is 67.6 Å². The number of benzene rings is 4. The molecule has 4 aromatic rings. The van der Waals surface area contributed by atoms with Crippen molar-refractivity contribution < 1.29 is 22.4 Å². The van der Waals surface area contributed by atoms with E-state index < -0.39 is 34.3 Å². The SMILES string of the molecule is Cc1ccc(N(CC(=O)N(Cc2ccccc2)[C@H](Cc2ccccc2)C(=O)NC2CCCC2)S(=O)(=O)c2ccc(F)cc2)cc1. The number of carbonyl (C=O) groups excluding carboxylic acids is 2. The van der Waals surface area contributed by atoms with Crippen molar-refractivity contribution in [1.29, 1.82) is 0 Å². The number of halogens is 1. The van der Waals surface area contributed by atoms with Crippen molar-refractivity contribution in [2.45, 2.75) is 62.6 Å². The molecule has 0 unspecified atom stereocenters. The molecule has 9 heteroatoms. The Bertz CT molecular complexity index is 1680. The number of amides is 2. The highest BCUT2D eigenvalue weighted by molar-refractivity contribution is 7.92. The number of carbonyl (C=O) groups is 2. The van der Waals surface area contributed by atoms with Gasteiger partial charge < -0.3 is 10.2 Å². The lowest BCUT2D eigenvalue weighted by Gasteiger charge is -2.34. The van der Waals surface area contributed by atoms with Gasteiger partial charge in [0.15, 0.2) is 0 Å². The molecule has 0 spiro atoms. The topological polar surface area (TPSA) is 86.8 Å². The summed E-state index contributed by atoms with van der Waals surface area (Å²) in [4.78, 5) is 29.8. The predicted octanol–water partition coefficient (Wildman–Crippen LogP) is 6.03. The summed E-state index contributed by atoms with van der Waals surface area (Å²) in [6.45, 7) is 1.43. The highest BCUT2D eigenvalue weighted by atomic mass is 32.2. The molecule has 1 aliphatic rings. The average Bonchev–Trinajstić information content (AvgIpc) is 3.56. The molecule has 0 heterocycles. The first-order chi connectivity index (χ1) is 21.7. The van der Waals surface area contributed by atoms with Gasteiger partial charge in [0.1, 0.15) is 18.4 Å². The van der Waals surface area contributed by atoms with Gasteiger partial charge in [-0.15, -0.1) is 0 Å². The Labute approximate surface area is 264 Å². The zero-order valence-electron chi connectivity index (χ0n) is 25.3. The number of anilines is 1. The largest absolute Gasteiger partial charge is 0.352 e. The van der Waals surface area contributed by atoms with Crippen LogP contribution in [0, 0.1) is 12.7 Å². The van der Waals surface area contributed by atoms with Gasteiger partial charge in [-0.2, -0.15) is 0 Å². The number of nitrogens with one attached hydrogen (secondary N) is 1. The Hall–Kier alpha value is -4.50. The molecule has 2 amide bonds. The Balaban J connectivity index is 1.55. The molecule has 5 rings (SSSR count). The van der Waals surface area contributed by atoms with Crippen LogP contribution in [0.1, 0.15) is 42.4 Å². The molecule has 0 radical (unpaired) electrons. The molecule has 1 atom stereocenters. The number of sulfonamides is 1. The first-order valence-corrected chi connectivity index (χ1v) is 16.7. The second-order valence-corrected chi connectivity index (χ2v) is 13.4. The van der Waals surface area contributed by atoms with Crippen LogP contribution in [0.15, 0.2) is 114 Å². The van der Waals surface area contributed by atoms with Crippen molar-refractivity contribution in [3.8, 4) is 0 Å². The van der Waals surface area contributed by atoms with Crippen LogP contribution in [0.25, 0.3) is 0 Å². The molecule has 0 aliphatic heterocycles. The normalized spacial score (nSPS) is 14.1. The minimum absolute atomic E-state index is 0.0346. The molecule has 1 fully saturated rings. The van der Waals surface area contributed by atoms with E-state index in [0.29, 0.717) is 0 Å². The van der Waals surface area contributed by atoms with Crippen molar-refractivity contribution in [2.75, 3.05) is 10.8 Å². The molecule has 0 bridgehead atoms. The highest BCUT2D eigenvalue weighted by Gasteiger charge is 2.35. The quantitative estimate of drug-likeness (QED) is 0.208. The van der Waals surface area contributed by atoms with E-state index in [9.17, 15) is 22.4 Å². The monoisotopic (exact) mass is 627 g/mol. The van der Waals surface area contributed by atoms with E-state index in [2.05, 4.69) is 5.32 Å². The fourth-order valence-corrected chi connectivity index (χ4v) is 7.09. The molecular weight excluding hydrogens is 589 g/mol. The van der Waals surface area contributed by atoms with Gasteiger partial charge in [-0.1, -0.05) is 91.2 Å². The Morgan fingerprint density at radius 1 is 0.822 bits per heavy atom. The molecule has 7 nitrogen and oxygen atoms in total. The van der Waals surface area contributed by atoms with E-state index in [1.165, 1.54) is 17.0 Å². The molecular formula is C36H38FN3O4S. The van der Waals surface area contributed by atoms with Crippen LogP contribution in [-0.2, 0) is 32.6 Å². The average molecular weight is 628 g/mol. The van der Waals surface area contributed by atoms with Crippen molar-refractivity contribution in [1.82, 2.24) is 10.2 Å². The lowest BCUT2D eigenvalue weighted by Crippen LogP contribution is -2.54. The molecule has 0 saturated heterocycles. The van der Waals surface area contributed by atoms with Crippen molar-refractivity contribution >= 4 is 27.5 Å². The van der Waals surface area contributed by atoms with Gasteiger partial charge in [-0.25, -0.2) is 12.8 Å². The number of aryl methyl sites for hydroxylation is 1. The highest BCUT2D eigenvalue weighted by Crippen LogP contribution is 2.26. The summed E-state index contributed by atoms with van der Waals surface area (Å²) < 4.78 is 42.8. The molecule has 1 saturated carbocycles. The smallest absolute Gasteiger partial charge is 0.264 e. The van der Waals surface area contributed by atoms with Crippen LogP contribution < -0.4 is 9.62 Å². The van der Waals surface area contributed by atoms with E-state index in [1.54, 1.807) is 24.3 Å². The second-order valence-electron chi connectivity index (χ2n) is 11.5. The summed E-state index contributed by atoms with van der Waals surface area (Å²) in [6.07, 6.45) is 4.09. The van der Waals surface area contributed by atoms with Crippen LogP contribution in [0.3, 0.4) is 0 Å². The third kappa shape index (κ3) is 8.16. The minimum Gasteiger partial charge on any atom is -0.352 e. The summed E-state index contributed by atoms with van der Waals surface area (Å²) in [7, 11) is -4.29. The van der Waals surface area contributed by atoms with Gasteiger partial charge in [0.2, 0.25) is 11.8 Å². The van der Waals surface area contributed by atoms with Gasteiger partial charge in [0.25, 0.3) is 10.0 Å². The molecule has 234 valence electrons. The van der Waals surface area contributed by atoms with Crippen LogP contribution >= 0.6 is 0 Å². The van der Waals surface area contributed by atoms with Crippen LogP contribution in [0.5, 0.6) is 0 Å². The fraction of sp³-hybridized carbons (Fsp3) is 0.278. The molecule has 0 aromatic heterocycles. The minimum atomic E-state index is -4.29. The summed E-state index contributed by atoms with van der Waals surface area (Å²) in [5, 5.41) is 3.17. The van der Waals surface area contributed by atoms with Crippen LogP contribution in [-0.4, -0.2) is 43.8 Å². The lowest BCUT2D eigenvalue weighted by molar-refractivity contribution is -0.140. The van der Waals surface area contributed by atoms with Crippen LogP contribution in [0.4, 0.5) is 10.1 Å². The maximum atomic E-state index is 14.5. The maximum Gasteiger partial charge on any atom is 0.264 e. The van der Waals surface area contributed by atoms with E-state index in [4.69, 9.17) is 0 Å². The van der Waals surface area contributed by atoms with Crippen LogP contribution in [0.2, 0.25) is 0 Å². The summed E-state index contributed by atoms with van der Waals surface area (Å²) >= 11 is 0. The molecule has 4 aromatic carbocycles. The Kier molecular flexibility index (Phi) is 10.3. The van der Waals surface area contributed by atoms with E-state index >= 15 is 0 Å². The fourth-order valence-electron chi connectivity index (χ4n) is 5.68. The standard InChI is InChI=1S/C36H38FN3O4S/c1-27-16-20-32(21-17-27)40(45(43,44)33-22-18-30(37)19-23-33)26-35(41)39(25-29-12-6-3-7-13-29)34(24-28-10-4-2-5-11-28)36(42)38-31-14-8-9-15-31/h2-7,10-13,16-23,31,34H,8-9,14-15,24-26H2,1H3,(H,38,42)/t34-/m1/s1. The molecule has 45 heavy (non-hydrogen) atoms. The molecule has 1 N–H and O–H groups in total. The zero-order chi connectivity index (χ0) is 31.8. The van der Waals surface area contributed by atoms with Crippen molar-refractivity contribution in [3.05, 3.63) is 132 Å². The first-order valence-electron chi connectivity index (χ1n) is 15.2. The van der Waals surface area contributed by atoms with Gasteiger partial charge in [-0.3, -0.25) is 13.9 Å². The summed E-state index contributed by atoms with van der Waals surface area (Å²) in [6, 6.07) is 29.3. The molecule has 1 aliphatic carbocycles. The first kappa shape index (κ1) is 31.9. The lowest BCUT2D eigenvalue weighted by atomic mass is 10.0. The van der Waals surface area contributed by atoms with E-state index in [0.717, 1.165) is 58.8 Å². The second kappa shape index (κ2) is 14.5.